The third-order valence-electron chi connectivity index (χ3n) is 0.447. The Kier molecular flexibility index (Phi) is 2.45. The molecule has 38 valence electrons. The van der Waals surface area contributed by atoms with Crippen molar-refractivity contribution >= 4 is 0 Å². The fraction of sp³-hybridized carbons (Fsp3) is 1.00. The summed E-state index contributed by atoms with van der Waals surface area (Å²) in [6.45, 7) is -2.18. The van der Waals surface area contributed by atoms with Crippen molar-refractivity contribution in [1.82, 2.24) is 0 Å². The van der Waals surface area contributed by atoms with Gasteiger partial charge in [-0.1, -0.05) is 0 Å². The van der Waals surface area contributed by atoms with E-state index < -0.39 is 6.56 Å². The molecule has 2 heteroatoms. The quantitative estimate of drug-likeness (QED) is 0.504. The monoisotopic (exact) mass is 92.1 g/mol. The van der Waals surface area contributed by atoms with Crippen molar-refractivity contribution in [2.75, 3.05) is 13.2 Å². The normalized spacial score (nSPS) is 16.3. The molecule has 0 saturated carbocycles. The first-order chi connectivity index (χ1) is 3.56. The minimum atomic E-state index is -2.11. The van der Waals surface area contributed by atoms with Gasteiger partial charge in [-0.15, -0.1) is 0 Å². The average molecular weight is 92.1 g/mol. The number of aliphatic hydroxyl groups is 2. The molecule has 0 aliphatic carbocycles. The Balaban J connectivity index is 3.11. The summed E-state index contributed by atoms with van der Waals surface area (Å²) < 4.78 is 13.1. The van der Waals surface area contributed by atoms with Crippen LogP contribution in [0.3, 0.4) is 0 Å². The van der Waals surface area contributed by atoms with E-state index in [2.05, 4.69) is 0 Å². The minimum Gasteiger partial charge on any atom is -0.396 e. The maximum absolute atomic E-state index is 8.37. The molecule has 2 nitrogen and oxygen atoms in total. The lowest BCUT2D eigenvalue weighted by Gasteiger charge is -1.85. The fourth-order valence-electron chi connectivity index (χ4n) is 0.158. The molecule has 0 aliphatic rings. The SMILES string of the molecule is [2H]C([2H])(O)CCCO. The van der Waals surface area contributed by atoms with Crippen LogP contribution in [0.2, 0.25) is 0 Å². The van der Waals surface area contributed by atoms with Gasteiger partial charge >= 0.3 is 0 Å². The zero-order valence-corrected chi connectivity index (χ0v) is 3.52. The Labute approximate surface area is 40.2 Å². The lowest BCUT2D eigenvalue weighted by molar-refractivity contribution is 0.242. The van der Waals surface area contributed by atoms with E-state index in [0.717, 1.165) is 0 Å². The molecule has 2 N–H and O–H groups in total. The van der Waals surface area contributed by atoms with Gasteiger partial charge in [0, 0.05) is 13.2 Å². The Hall–Kier alpha value is -0.0800. The highest BCUT2D eigenvalue weighted by molar-refractivity contribution is 4.30. The van der Waals surface area contributed by atoms with E-state index in [4.69, 9.17) is 13.0 Å². The van der Waals surface area contributed by atoms with Gasteiger partial charge in [-0.2, -0.15) is 0 Å². The molecule has 0 aromatic carbocycles. The average Bonchev–Trinajstić information content (AvgIpc) is 1.59. The van der Waals surface area contributed by atoms with E-state index >= 15 is 0 Å². The van der Waals surface area contributed by atoms with Crippen LogP contribution in [0, 0.1) is 0 Å². The first-order valence-electron chi connectivity index (χ1n) is 2.89. The summed E-state index contributed by atoms with van der Waals surface area (Å²) in [5.74, 6) is 0. The first-order valence-corrected chi connectivity index (χ1v) is 1.89. The smallest absolute Gasteiger partial charge is 0.0564 e. The summed E-state index contributed by atoms with van der Waals surface area (Å²) in [6.07, 6.45) is 0.312. The predicted octanol–water partition coefficient (Wildman–Crippen LogP) is -0.249. The van der Waals surface area contributed by atoms with Crippen LogP contribution in [0.5, 0.6) is 0 Å². The van der Waals surface area contributed by atoms with E-state index in [0.29, 0.717) is 6.42 Å². The molecule has 0 atom stereocenters. The summed E-state index contributed by atoms with van der Waals surface area (Å²) in [4.78, 5) is 0. The molecule has 0 heterocycles. The van der Waals surface area contributed by atoms with E-state index in [1.807, 2.05) is 0 Å². The standard InChI is InChI=1S/C4H10O2/c5-3-1-2-4-6/h5-6H,1-4H2/i3D2. The second kappa shape index (κ2) is 4.92. The van der Waals surface area contributed by atoms with Gasteiger partial charge in [0.05, 0.1) is 2.74 Å². The summed E-state index contributed by atoms with van der Waals surface area (Å²) >= 11 is 0. The number of rotatable bonds is 3. The largest absolute Gasteiger partial charge is 0.396 e. The lowest BCUT2D eigenvalue weighted by Crippen LogP contribution is -1.85. The predicted molar refractivity (Wildman–Crippen MR) is 23.4 cm³/mol. The van der Waals surface area contributed by atoms with E-state index in [1.165, 1.54) is 0 Å². The zero-order valence-electron chi connectivity index (χ0n) is 5.52. The van der Waals surface area contributed by atoms with Crippen molar-refractivity contribution in [3.63, 3.8) is 0 Å². The highest BCUT2D eigenvalue weighted by atomic mass is 16.3. The molecular weight excluding hydrogens is 80.0 g/mol. The summed E-state index contributed by atoms with van der Waals surface area (Å²) in [6, 6.07) is 0. The third kappa shape index (κ3) is 3.92. The second-order valence-corrected chi connectivity index (χ2v) is 0.985. The molecule has 0 amide bonds. The van der Waals surface area contributed by atoms with E-state index in [-0.39, 0.29) is 13.0 Å². The molecule has 0 bridgehead atoms. The molecule has 6 heavy (non-hydrogen) atoms. The summed E-state index contributed by atoms with van der Waals surface area (Å²) in [5.41, 5.74) is 0. The van der Waals surface area contributed by atoms with Gasteiger partial charge < -0.3 is 10.2 Å². The van der Waals surface area contributed by atoms with Gasteiger partial charge in [0.1, 0.15) is 0 Å². The number of hydrogen-bond acceptors (Lipinski definition) is 2. The van der Waals surface area contributed by atoms with Crippen LogP contribution in [-0.2, 0) is 0 Å². The van der Waals surface area contributed by atoms with Gasteiger partial charge in [-0.3, -0.25) is 0 Å². The molecule has 0 fully saturated rings. The maximum Gasteiger partial charge on any atom is 0.0564 e. The second-order valence-electron chi connectivity index (χ2n) is 0.985. The van der Waals surface area contributed by atoms with Gasteiger partial charge in [-0.25, -0.2) is 0 Å². The molecule has 0 unspecified atom stereocenters. The molecule has 0 rings (SSSR count). The van der Waals surface area contributed by atoms with E-state index in [9.17, 15) is 0 Å². The Morgan fingerprint density at radius 3 is 2.17 bits per heavy atom. The van der Waals surface area contributed by atoms with Gasteiger partial charge in [0.15, 0.2) is 0 Å². The van der Waals surface area contributed by atoms with Crippen LogP contribution in [0.1, 0.15) is 15.6 Å². The van der Waals surface area contributed by atoms with Crippen molar-refractivity contribution in [1.29, 1.82) is 0 Å². The Bertz CT molecular complexity index is 59.5. The van der Waals surface area contributed by atoms with Crippen molar-refractivity contribution in [2.45, 2.75) is 12.8 Å². The summed E-state index contributed by atoms with van der Waals surface area (Å²) in [7, 11) is 0. The van der Waals surface area contributed by atoms with Crippen molar-refractivity contribution in [3.05, 3.63) is 0 Å². The molecule has 0 aliphatic heterocycles. The van der Waals surface area contributed by atoms with Crippen molar-refractivity contribution in [3.8, 4) is 0 Å². The summed E-state index contributed by atoms with van der Waals surface area (Å²) in [5, 5.41) is 16.5. The van der Waals surface area contributed by atoms with Crippen LogP contribution in [-0.4, -0.2) is 23.4 Å². The Morgan fingerprint density at radius 2 is 2.00 bits per heavy atom. The van der Waals surface area contributed by atoms with Crippen LogP contribution >= 0.6 is 0 Å². The molecule has 0 aromatic heterocycles. The molecule has 0 radical (unpaired) electrons. The van der Waals surface area contributed by atoms with Crippen LogP contribution in [0.4, 0.5) is 0 Å². The van der Waals surface area contributed by atoms with Gasteiger partial charge in [0.2, 0.25) is 0 Å². The Morgan fingerprint density at radius 1 is 1.33 bits per heavy atom. The van der Waals surface area contributed by atoms with E-state index in [1.54, 1.807) is 0 Å². The van der Waals surface area contributed by atoms with Crippen molar-refractivity contribution in [2.24, 2.45) is 0 Å². The number of hydrogen-bond donors (Lipinski definition) is 2. The van der Waals surface area contributed by atoms with Crippen LogP contribution in [0.15, 0.2) is 0 Å². The van der Waals surface area contributed by atoms with Crippen molar-refractivity contribution < 1.29 is 13.0 Å². The minimum absolute atomic E-state index is 0.00347. The van der Waals surface area contributed by atoms with Gasteiger partial charge in [0.25, 0.3) is 0 Å². The van der Waals surface area contributed by atoms with Crippen LogP contribution in [0.25, 0.3) is 0 Å². The number of aliphatic hydroxyl groups excluding tert-OH is 1. The maximum atomic E-state index is 8.37. The third-order valence-corrected chi connectivity index (χ3v) is 0.447. The van der Waals surface area contributed by atoms with Gasteiger partial charge in [-0.05, 0) is 12.8 Å². The fourth-order valence-corrected chi connectivity index (χ4v) is 0.158. The lowest BCUT2D eigenvalue weighted by atomic mass is 10.3. The first kappa shape index (κ1) is 2.99. The topological polar surface area (TPSA) is 40.5 Å². The van der Waals surface area contributed by atoms with Crippen LogP contribution < -0.4 is 0 Å². The highest BCUT2D eigenvalue weighted by Crippen LogP contribution is 1.80. The zero-order chi connectivity index (χ0) is 6.62. The molecule has 0 saturated heterocycles. The molecular formula is C4H10O2. The molecule has 0 spiro atoms. The molecule has 0 aromatic rings. The highest BCUT2D eigenvalue weighted by Gasteiger charge is 1.77.